The topological polar surface area (TPSA) is 38.9 Å². The van der Waals surface area contributed by atoms with Gasteiger partial charge in [-0.15, -0.1) is 44.5 Å². The van der Waals surface area contributed by atoms with E-state index in [1.165, 1.54) is 9.40 Å². The first kappa shape index (κ1) is 10.3. The zero-order valence-corrected chi connectivity index (χ0v) is 10.5. The molecule has 3 aromatic heterocycles. The molecule has 0 saturated heterocycles. The Morgan fingerprint density at radius 1 is 1.31 bits per heavy atom. The highest BCUT2D eigenvalue weighted by molar-refractivity contribution is 7.28. The smallest absolute Gasteiger partial charge is 0.257 e. The van der Waals surface area contributed by atoms with E-state index in [0.717, 1.165) is 4.88 Å². The molecule has 3 aromatic rings. The van der Waals surface area contributed by atoms with Crippen molar-refractivity contribution in [3.63, 3.8) is 0 Å². The van der Waals surface area contributed by atoms with E-state index in [2.05, 4.69) is 27.7 Å². The number of fused-ring (bicyclic) bond motifs is 1. The summed E-state index contributed by atoms with van der Waals surface area (Å²) < 4.78 is 8.04. The second-order valence-electron chi connectivity index (χ2n) is 3.20. The maximum absolute atomic E-state index is 5.61. The second kappa shape index (κ2) is 4.16. The number of hydrogen-bond acceptors (Lipinski definition) is 5. The number of aromatic nitrogens is 2. The lowest BCUT2D eigenvalue weighted by molar-refractivity contribution is 0.515. The molecule has 6 heteroatoms. The van der Waals surface area contributed by atoms with Crippen molar-refractivity contribution in [2.45, 2.75) is 6.42 Å². The second-order valence-corrected chi connectivity index (χ2v) is 5.61. The van der Waals surface area contributed by atoms with E-state index in [1.54, 1.807) is 22.7 Å². The highest BCUT2D eigenvalue weighted by Crippen LogP contribution is 2.35. The zero-order chi connectivity index (χ0) is 11.0. The Morgan fingerprint density at radius 2 is 2.25 bits per heavy atom. The molecule has 16 heavy (non-hydrogen) atoms. The standard InChI is InChI=1S/C10H7ClN2OS2/c11-3-1-9-12-13-10(14-9)8-5-7-6(16-8)2-4-15-7/h2,4-5H,1,3H2. The van der Waals surface area contributed by atoms with Crippen molar-refractivity contribution in [2.75, 3.05) is 5.88 Å². The summed E-state index contributed by atoms with van der Waals surface area (Å²) in [5, 5.41) is 10.0. The van der Waals surface area contributed by atoms with Crippen molar-refractivity contribution in [3.8, 4) is 10.8 Å². The molecular formula is C10H7ClN2OS2. The third-order valence-corrected chi connectivity index (χ3v) is 4.40. The summed E-state index contributed by atoms with van der Waals surface area (Å²) >= 11 is 9.00. The van der Waals surface area contributed by atoms with Crippen molar-refractivity contribution < 1.29 is 4.42 Å². The number of halogens is 1. The molecule has 0 aliphatic rings. The SMILES string of the molecule is ClCCc1nnc(-c2cc3sccc3s2)o1. The number of thiophene rings is 2. The number of alkyl halides is 1. The van der Waals surface area contributed by atoms with Gasteiger partial charge in [-0.2, -0.15) is 0 Å². The molecule has 0 aliphatic carbocycles. The molecule has 0 aromatic carbocycles. The Balaban J connectivity index is 1.98. The fourth-order valence-corrected chi connectivity index (χ4v) is 3.60. The van der Waals surface area contributed by atoms with Gasteiger partial charge < -0.3 is 4.42 Å². The average Bonchev–Trinajstić information content (AvgIpc) is 2.88. The lowest BCUT2D eigenvalue weighted by Crippen LogP contribution is -1.84. The van der Waals surface area contributed by atoms with Crippen molar-refractivity contribution in [3.05, 3.63) is 23.4 Å². The molecule has 0 spiro atoms. The summed E-state index contributed by atoms with van der Waals surface area (Å²) in [5.41, 5.74) is 0. The van der Waals surface area contributed by atoms with Gasteiger partial charge >= 0.3 is 0 Å². The predicted molar refractivity (Wildman–Crippen MR) is 67.4 cm³/mol. The molecular weight excluding hydrogens is 264 g/mol. The minimum Gasteiger partial charge on any atom is -0.420 e. The first-order valence-corrected chi connectivity index (χ1v) is 6.95. The summed E-state index contributed by atoms with van der Waals surface area (Å²) in [7, 11) is 0. The van der Waals surface area contributed by atoms with Crippen molar-refractivity contribution in [1.82, 2.24) is 10.2 Å². The van der Waals surface area contributed by atoms with Crippen molar-refractivity contribution in [2.24, 2.45) is 0 Å². The number of aryl methyl sites for hydroxylation is 1. The van der Waals surface area contributed by atoms with Crippen LogP contribution < -0.4 is 0 Å². The van der Waals surface area contributed by atoms with Gasteiger partial charge in [0.1, 0.15) is 0 Å². The van der Waals surface area contributed by atoms with E-state index >= 15 is 0 Å². The molecule has 0 radical (unpaired) electrons. The van der Waals surface area contributed by atoms with E-state index in [4.69, 9.17) is 16.0 Å². The van der Waals surface area contributed by atoms with Gasteiger partial charge in [0.05, 0.1) is 4.88 Å². The van der Waals surface area contributed by atoms with Crippen LogP contribution in [0, 0.1) is 0 Å². The van der Waals surface area contributed by atoms with E-state index in [-0.39, 0.29) is 0 Å². The monoisotopic (exact) mass is 270 g/mol. The molecule has 82 valence electrons. The van der Waals surface area contributed by atoms with Crippen molar-refractivity contribution in [1.29, 1.82) is 0 Å². The van der Waals surface area contributed by atoms with Gasteiger partial charge in [0, 0.05) is 21.7 Å². The van der Waals surface area contributed by atoms with Gasteiger partial charge in [0.2, 0.25) is 5.89 Å². The molecule has 0 aliphatic heterocycles. The molecule has 0 unspecified atom stereocenters. The van der Waals surface area contributed by atoms with Crippen LogP contribution in [-0.2, 0) is 6.42 Å². The largest absolute Gasteiger partial charge is 0.420 e. The normalized spacial score (nSPS) is 11.3. The fraction of sp³-hybridized carbons (Fsp3) is 0.200. The van der Waals surface area contributed by atoms with Gasteiger partial charge in [0.15, 0.2) is 0 Å². The van der Waals surface area contributed by atoms with Crippen LogP contribution in [0.4, 0.5) is 0 Å². The van der Waals surface area contributed by atoms with Crippen LogP contribution >= 0.6 is 34.3 Å². The van der Waals surface area contributed by atoms with Crippen molar-refractivity contribution >= 4 is 43.7 Å². The van der Waals surface area contributed by atoms with Gasteiger partial charge in [-0.3, -0.25) is 0 Å². The molecule has 0 saturated carbocycles. The van der Waals surface area contributed by atoms with E-state index in [1.807, 2.05) is 0 Å². The van der Waals surface area contributed by atoms with Crippen LogP contribution in [0.1, 0.15) is 5.89 Å². The summed E-state index contributed by atoms with van der Waals surface area (Å²) in [4.78, 5) is 1.02. The van der Waals surface area contributed by atoms with Gasteiger partial charge in [-0.05, 0) is 17.5 Å². The average molecular weight is 271 g/mol. The molecule has 3 heterocycles. The van der Waals surface area contributed by atoms with E-state index in [0.29, 0.717) is 24.1 Å². The Bertz CT molecular complexity index is 584. The lowest BCUT2D eigenvalue weighted by Gasteiger charge is -1.86. The Labute approximate surface area is 105 Å². The number of hydrogen-bond donors (Lipinski definition) is 0. The summed E-state index contributed by atoms with van der Waals surface area (Å²) in [6.45, 7) is 0. The zero-order valence-electron chi connectivity index (χ0n) is 8.14. The summed E-state index contributed by atoms with van der Waals surface area (Å²) in [6, 6.07) is 4.19. The number of nitrogens with zero attached hydrogens (tertiary/aromatic N) is 2. The first-order chi connectivity index (χ1) is 7.86. The summed E-state index contributed by atoms with van der Waals surface area (Å²) in [5.74, 6) is 1.69. The minimum atomic E-state index is 0.501. The predicted octanol–water partition coefficient (Wildman–Crippen LogP) is 3.79. The summed E-state index contributed by atoms with van der Waals surface area (Å²) in [6.07, 6.45) is 0.619. The van der Waals surface area contributed by atoms with Crippen LogP contribution in [0.3, 0.4) is 0 Å². The Kier molecular flexibility index (Phi) is 2.67. The third kappa shape index (κ3) is 1.75. The molecule has 0 N–H and O–H groups in total. The van der Waals surface area contributed by atoms with Crippen LogP contribution in [0.15, 0.2) is 21.9 Å². The first-order valence-electron chi connectivity index (χ1n) is 4.72. The van der Waals surface area contributed by atoms with E-state index in [9.17, 15) is 0 Å². The molecule has 0 atom stereocenters. The highest BCUT2D eigenvalue weighted by Gasteiger charge is 2.11. The van der Waals surface area contributed by atoms with Crippen LogP contribution in [0.5, 0.6) is 0 Å². The maximum Gasteiger partial charge on any atom is 0.257 e. The molecule has 3 nitrogen and oxygen atoms in total. The highest BCUT2D eigenvalue weighted by atomic mass is 35.5. The maximum atomic E-state index is 5.61. The van der Waals surface area contributed by atoms with Crippen LogP contribution in [-0.4, -0.2) is 16.1 Å². The Morgan fingerprint density at radius 3 is 3.06 bits per heavy atom. The fourth-order valence-electron chi connectivity index (χ4n) is 1.41. The van der Waals surface area contributed by atoms with Crippen LogP contribution in [0.25, 0.3) is 20.2 Å². The van der Waals surface area contributed by atoms with Crippen LogP contribution in [0.2, 0.25) is 0 Å². The lowest BCUT2D eigenvalue weighted by atomic mass is 10.4. The third-order valence-electron chi connectivity index (χ3n) is 2.13. The molecule has 0 amide bonds. The van der Waals surface area contributed by atoms with E-state index < -0.39 is 0 Å². The van der Waals surface area contributed by atoms with Gasteiger partial charge in [-0.1, -0.05) is 0 Å². The van der Waals surface area contributed by atoms with Gasteiger partial charge in [-0.25, -0.2) is 0 Å². The molecule has 0 bridgehead atoms. The van der Waals surface area contributed by atoms with Gasteiger partial charge in [0.25, 0.3) is 5.89 Å². The minimum absolute atomic E-state index is 0.501. The molecule has 0 fully saturated rings. The molecule has 3 rings (SSSR count). The quantitative estimate of drug-likeness (QED) is 0.680. The Hall–Kier alpha value is -0.910. The number of rotatable bonds is 3.